The molecule has 0 saturated heterocycles. The average molecular weight is 495 g/mol. The molecule has 0 radical (unpaired) electrons. The first-order chi connectivity index (χ1) is 18.3. The maximum absolute atomic E-state index is 4.68. The van der Waals surface area contributed by atoms with Gasteiger partial charge in [-0.1, -0.05) is 97.1 Å². The summed E-state index contributed by atoms with van der Waals surface area (Å²) in [5.41, 5.74) is 11.4. The van der Waals surface area contributed by atoms with Gasteiger partial charge in [-0.05, 0) is 58.3 Å². The lowest BCUT2D eigenvalue weighted by atomic mass is 9.79. The van der Waals surface area contributed by atoms with Crippen LogP contribution in [0.3, 0.4) is 0 Å². The van der Waals surface area contributed by atoms with Gasteiger partial charge in [0.2, 0.25) is 0 Å². The number of pyridine rings is 1. The van der Waals surface area contributed by atoms with E-state index in [1.165, 1.54) is 44.1 Å². The standard InChI is InChI=1S/C34H26N2S/c1-37-34-32(24-14-6-3-7-15-24)26-20-19-25(29-17-10-11-21-35-29)22-28(26)33-31(23-12-4-2-5-13-23)27-16-8-9-18-30(27)36(33)34/h2-22,31,33H,1H3. The Bertz CT molecular complexity index is 1610. The van der Waals surface area contributed by atoms with Crippen molar-refractivity contribution in [3.8, 4) is 11.3 Å². The van der Waals surface area contributed by atoms with Gasteiger partial charge in [0.25, 0.3) is 0 Å². The number of anilines is 1. The molecule has 7 rings (SSSR count). The lowest BCUT2D eigenvalue weighted by Gasteiger charge is -2.39. The zero-order chi connectivity index (χ0) is 24.8. The summed E-state index contributed by atoms with van der Waals surface area (Å²) < 4.78 is 0. The van der Waals surface area contributed by atoms with Crippen molar-refractivity contribution in [2.45, 2.75) is 12.0 Å². The molecule has 0 bridgehead atoms. The minimum atomic E-state index is 0.161. The number of fused-ring (bicyclic) bond motifs is 5. The summed E-state index contributed by atoms with van der Waals surface area (Å²) in [6.07, 6.45) is 4.08. The molecule has 178 valence electrons. The first kappa shape index (κ1) is 22.1. The van der Waals surface area contributed by atoms with Gasteiger partial charge in [-0.3, -0.25) is 4.98 Å². The maximum atomic E-state index is 4.68. The van der Waals surface area contributed by atoms with E-state index in [0.717, 1.165) is 11.3 Å². The Labute approximate surface area is 222 Å². The Balaban J connectivity index is 1.55. The van der Waals surface area contributed by atoms with Gasteiger partial charge in [-0.2, -0.15) is 0 Å². The molecule has 2 unspecified atom stereocenters. The Morgan fingerprint density at radius 3 is 2.16 bits per heavy atom. The van der Waals surface area contributed by atoms with Gasteiger partial charge in [-0.25, -0.2) is 0 Å². The maximum Gasteiger partial charge on any atom is 0.0841 e. The molecule has 2 nitrogen and oxygen atoms in total. The highest BCUT2D eigenvalue weighted by atomic mass is 32.2. The van der Waals surface area contributed by atoms with E-state index in [4.69, 9.17) is 0 Å². The minimum Gasteiger partial charge on any atom is -0.327 e. The fourth-order valence-electron chi connectivity index (χ4n) is 6.06. The predicted molar refractivity (Wildman–Crippen MR) is 156 cm³/mol. The number of thioether (sulfide) groups is 1. The van der Waals surface area contributed by atoms with Crippen molar-refractivity contribution in [3.05, 3.63) is 160 Å². The number of hydrogen-bond acceptors (Lipinski definition) is 3. The average Bonchev–Trinajstić information content (AvgIpc) is 3.33. The summed E-state index contributed by atoms with van der Waals surface area (Å²) in [6.45, 7) is 0. The van der Waals surface area contributed by atoms with Crippen molar-refractivity contribution < 1.29 is 0 Å². The SMILES string of the molecule is CSC1=C(c2ccccc2)c2ccc(-c3ccccn3)cc2C2C(c3ccccc3)c3ccccc3N12. The van der Waals surface area contributed by atoms with Gasteiger partial charge in [0.05, 0.1) is 16.8 Å². The van der Waals surface area contributed by atoms with Gasteiger partial charge in [0, 0.05) is 28.9 Å². The van der Waals surface area contributed by atoms with Crippen LogP contribution in [0.2, 0.25) is 0 Å². The van der Waals surface area contributed by atoms with Crippen LogP contribution in [0.25, 0.3) is 16.8 Å². The van der Waals surface area contributed by atoms with Crippen molar-refractivity contribution >= 4 is 23.0 Å². The second kappa shape index (κ2) is 9.10. The molecule has 4 aromatic carbocycles. The van der Waals surface area contributed by atoms with E-state index in [-0.39, 0.29) is 12.0 Å². The molecule has 3 heteroatoms. The fourth-order valence-corrected chi connectivity index (χ4v) is 6.90. The molecule has 0 amide bonds. The van der Waals surface area contributed by atoms with Crippen LogP contribution >= 0.6 is 11.8 Å². The van der Waals surface area contributed by atoms with Crippen LogP contribution in [-0.4, -0.2) is 11.2 Å². The molecular weight excluding hydrogens is 468 g/mol. The lowest BCUT2D eigenvalue weighted by molar-refractivity contribution is 0.643. The number of rotatable bonds is 4. The second-order valence-corrected chi connectivity index (χ2v) is 10.3. The van der Waals surface area contributed by atoms with Crippen molar-refractivity contribution in [1.82, 2.24) is 4.98 Å². The van der Waals surface area contributed by atoms with Crippen molar-refractivity contribution in [2.24, 2.45) is 0 Å². The molecule has 2 aliphatic rings. The Morgan fingerprint density at radius 2 is 1.41 bits per heavy atom. The highest BCUT2D eigenvalue weighted by Gasteiger charge is 2.46. The Kier molecular flexibility index (Phi) is 5.44. The van der Waals surface area contributed by atoms with Crippen LogP contribution < -0.4 is 4.90 Å². The number of para-hydroxylation sites is 1. The summed E-state index contributed by atoms with van der Waals surface area (Å²) in [7, 11) is 0. The van der Waals surface area contributed by atoms with Crippen LogP contribution in [-0.2, 0) is 0 Å². The van der Waals surface area contributed by atoms with E-state index in [1.807, 2.05) is 24.0 Å². The molecule has 0 spiro atoms. The Morgan fingerprint density at radius 1 is 0.676 bits per heavy atom. The third-order valence-electron chi connectivity index (χ3n) is 7.57. The van der Waals surface area contributed by atoms with E-state index in [1.54, 1.807) is 0 Å². The zero-order valence-corrected chi connectivity index (χ0v) is 21.4. The van der Waals surface area contributed by atoms with Crippen LogP contribution in [0, 0.1) is 0 Å². The van der Waals surface area contributed by atoms with E-state index < -0.39 is 0 Å². The number of hydrogen-bond donors (Lipinski definition) is 0. The summed E-state index contributed by atoms with van der Waals surface area (Å²) >= 11 is 1.84. The molecule has 0 saturated carbocycles. The van der Waals surface area contributed by atoms with Crippen molar-refractivity contribution in [1.29, 1.82) is 0 Å². The van der Waals surface area contributed by atoms with Gasteiger partial charge in [-0.15, -0.1) is 11.8 Å². The van der Waals surface area contributed by atoms with Crippen LogP contribution in [0.15, 0.2) is 133 Å². The first-order valence-corrected chi connectivity index (χ1v) is 13.9. The highest BCUT2D eigenvalue weighted by Crippen LogP contribution is 2.59. The minimum absolute atomic E-state index is 0.161. The molecule has 2 atom stereocenters. The van der Waals surface area contributed by atoms with Gasteiger partial charge in [0.15, 0.2) is 0 Å². The van der Waals surface area contributed by atoms with Crippen molar-refractivity contribution in [3.63, 3.8) is 0 Å². The van der Waals surface area contributed by atoms with Gasteiger partial charge in [0.1, 0.15) is 0 Å². The molecule has 0 aliphatic carbocycles. The van der Waals surface area contributed by atoms with Crippen molar-refractivity contribution in [2.75, 3.05) is 11.2 Å². The monoisotopic (exact) mass is 494 g/mol. The largest absolute Gasteiger partial charge is 0.327 e. The number of nitrogens with zero attached hydrogens (tertiary/aromatic N) is 2. The van der Waals surface area contributed by atoms with Gasteiger partial charge < -0.3 is 4.90 Å². The molecule has 0 N–H and O–H groups in total. The first-order valence-electron chi connectivity index (χ1n) is 12.7. The van der Waals surface area contributed by atoms with E-state index in [2.05, 4.69) is 131 Å². The topological polar surface area (TPSA) is 16.1 Å². The van der Waals surface area contributed by atoms with E-state index in [9.17, 15) is 0 Å². The summed E-state index contributed by atoms with van der Waals surface area (Å²) in [5.74, 6) is 0.231. The van der Waals surface area contributed by atoms with Crippen LogP contribution in [0.1, 0.15) is 39.8 Å². The normalized spacial score (nSPS) is 17.8. The molecule has 2 aliphatic heterocycles. The molecule has 0 fully saturated rings. The lowest BCUT2D eigenvalue weighted by Crippen LogP contribution is -2.31. The summed E-state index contributed by atoms with van der Waals surface area (Å²) in [4.78, 5) is 7.28. The molecular formula is C34H26N2S. The zero-order valence-electron chi connectivity index (χ0n) is 20.6. The summed E-state index contributed by atoms with van der Waals surface area (Å²) in [6, 6.07) is 44.0. The van der Waals surface area contributed by atoms with E-state index in [0.29, 0.717) is 0 Å². The molecule has 37 heavy (non-hydrogen) atoms. The third-order valence-corrected chi connectivity index (χ3v) is 8.36. The van der Waals surface area contributed by atoms with Gasteiger partial charge >= 0.3 is 0 Å². The molecule has 3 heterocycles. The smallest absolute Gasteiger partial charge is 0.0841 e. The number of aromatic nitrogens is 1. The van der Waals surface area contributed by atoms with E-state index >= 15 is 0 Å². The second-order valence-electron chi connectivity index (χ2n) is 9.53. The summed E-state index contributed by atoms with van der Waals surface area (Å²) in [5, 5.41) is 1.31. The van der Waals surface area contributed by atoms with Crippen LogP contribution in [0.5, 0.6) is 0 Å². The predicted octanol–water partition coefficient (Wildman–Crippen LogP) is 8.54. The highest BCUT2D eigenvalue weighted by molar-refractivity contribution is 8.02. The quantitative estimate of drug-likeness (QED) is 0.249. The third kappa shape index (κ3) is 3.53. The Hall–Kier alpha value is -4.08. The van der Waals surface area contributed by atoms with Crippen LogP contribution in [0.4, 0.5) is 5.69 Å². The molecule has 1 aromatic heterocycles. The number of benzene rings is 4. The molecule has 5 aromatic rings. The fraction of sp³-hybridized carbons (Fsp3) is 0.0882.